The third-order valence-corrected chi connectivity index (χ3v) is 6.62. The summed E-state index contributed by atoms with van der Waals surface area (Å²) in [5, 5.41) is 32.8. The molecule has 1 aliphatic carbocycles. The minimum Gasteiger partial charge on any atom is -0.465 e. The number of carboxylic acid groups (broad SMARTS) is 1. The number of carbonyl (C=O) groups is 2. The number of imidazole rings is 1. The van der Waals surface area contributed by atoms with Crippen molar-refractivity contribution in [2.24, 2.45) is 5.92 Å². The number of anilines is 1. The van der Waals surface area contributed by atoms with Crippen molar-refractivity contribution in [3.8, 4) is 11.8 Å². The van der Waals surface area contributed by atoms with Crippen LogP contribution in [-0.4, -0.2) is 89.2 Å². The van der Waals surface area contributed by atoms with Gasteiger partial charge in [-0.05, 0) is 37.5 Å². The number of amides is 2. The number of nitrogens with two attached hydrogens (primary N) is 1. The molecule has 0 unspecified atom stereocenters. The van der Waals surface area contributed by atoms with Gasteiger partial charge in [0.25, 0.3) is 5.91 Å². The maximum Gasteiger partial charge on any atom is 0.407 e. The topological polar surface area (TPSA) is 189 Å². The lowest BCUT2D eigenvalue weighted by atomic mass is 9.94. The van der Waals surface area contributed by atoms with Gasteiger partial charge in [0.15, 0.2) is 23.8 Å². The number of carbonyl (C=O) groups excluding carboxylic acids is 1. The van der Waals surface area contributed by atoms with Gasteiger partial charge in [-0.15, -0.1) is 0 Å². The Kier molecular flexibility index (Phi) is 6.18. The van der Waals surface area contributed by atoms with E-state index in [1.807, 2.05) is 0 Å². The molecule has 6 N–H and O–H groups in total. The molecular weight excluding hydrogens is 458 g/mol. The number of aliphatic hydroxyl groups excluding tert-OH is 2. The second kappa shape index (κ2) is 9.29. The minimum atomic E-state index is -1.41. The quantitative estimate of drug-likeness (QED) is 0.351. The lowest BCUT2D eigenvalue weighted by Crippen LogP contribution is -2.43. The number of nitrogens with one attached hydrogen (secondary N) is 1. The van der Waals surface area contributed by atoms with Crippen molar-refractivity contribution in [1.82, 2.24) is 29.7 Å². The highest BCUT2D eigenvalue weighted by atomic mass is 16.6. The predicted molar refractivity (Wildman–Crippen MR) is 121 cm³/mol. The monoisotopic (exact) mass is 485 g/mol. The van der Waals surface area contributed by atoms with Crippen LogP contribution in [0.3, 0.4) is 0 Å². The Labute approximate surface area is 200 Å². The summed E-state index contributed by atoms with van der Waals surface area (Å²) in [6, 6.07) is 0.0851. The molecule has 1 saturated carbocycles. The van der Waals surface area contributed by atoms with Crippen LogP contribution in [0.25, 0.3) is 11.2 Å². The molecule has 0 radical (unpaired) electrons. The van der Waals surface area contributed by atoms with Gasteiger partial charge in [-0.1, -0.05) is 5.92 Å². The Morgan fingerprint density at radius 1 is 1.17 bits per heavy atom. The fraction of sp³-hybridized carbons (Fsp3) is 0.591. The molecule has 0 bridgehead atoms. The summed E-state index contributed by atoms with van der Waals surface area (Å²) in [5.74, 6) is 6.03. The first kappa shape index (κ1) is 23.3. The van der Waals surface area contributed by atoms with E-state index in [0.29, 0.717) is 19.5 Å². The van der Waals surface area contributed by atoms with E-state index in [0.717, 1.165) is 25.7 Å². The summed E-state index contributed by atoms with van der Waals surface area (Å²) >= 11 is 0. The molecular formula is C22H27N7O6. The number of likely N-dealkylation sites (tertiary alicyclic amines) is 1. The summed E-state index contributed by atoms with van der Waals surface area (Å²) in [7, 11) is 0. The van der Waals surface area contributed by atoms with Crippen molar-refractivity contribution >= 4 is 29.0 Å². The number of rotatable bonds is 4. The molecule has 35 heavy (non-hydrogen) atoms. The fourth-order valence-electron chi connectivity index (χ4n) is 4.40. The Bertz CT molecular complexity index is 1190. The van der Waals surface area contributed by atoms with Crippen LogP contribution in [-0.2, 0) is 9.53 Å². The van der Waals surface area contributed by atoms with Crippen LogP contribution < -0.4 is 11.1 Å². The van der Waals surface area contributed by atoms with E-state index in [1.54, 1.807) is 0 Å². The van der Waals surface area contributed by atoms with Crippen LogP contribution in [0.5, 0.6) is 0 Å². The first-order valence-electron chi connectivity index (χ1n) is 11.6. The third-order valence-electron chi connectivity index (χ3n) is 6.62. The SMILES string of the molecule is Nc1nc(C#CCC2CCN(C(=O)O)CC2)nc2c1ncn2[C@@H]1O[C@H](C(=O)NC2CC2)[C@@H](O)[C@H]1O. The molecule has 13 nitrogen and oxygen atoms in total. The van der Waals surface area contributed by atoms with Crippen LogP contribution in [0.15, 0.2) is 6.33 Å². The highest BCUT2D eigenvalue weighted by molar-refractivity contribution is 5.83. The van der Waals surface area contributed by atoms with Gasteiger partial charge in [-0.2, -0.15) is 0 Å². The predicted octanol–water partition coefficient (Wildman–Crippen LogP) is -0.562. The number of aromatic nitrogens is 4. The molecule has 2 aromatic rings. The molecule has 3 fully saturated rings. The zero-order valence-electron chi connectivity index (χ0n) is 18.9. The Morgan fingerprint density at radius 3 is 2.60 bits per heavy atom. The van der Waals surface area contributed by atoms with Crippen molar-refractivity contribution in [3.05, 3.63) is 12.2 Å². The maximum atomic E-state index is 12.4. The second-order valence-electron chi connectivity index (χ2n) is 9.19. The summed E-state index contributed by atoms with van der Waals surface area (Å²) < 4.78 is 7.14. The molecule has 13 heteroatoms. The summed E-state index contributed by atoms with van der Waals surface area (Å²) in [6.07, 6.45) is -0.835. The number of fused-ring (bicyclic) bond motifs is 1. The van der Waals surface area contributed by atoms with Crippen molar-refractivity contribution < 1.29 is 29.6 Å². The first-order valence-corrected chi connectivity index (χ1v) is 11.6. The van der Waals surface area contributed by atoms with E-state index in [-0.39, 0.29) is 34.8 Å². The molecule has 0 spiro atoms. The molecule has 4 heterocycles. The molecule has 0 aromatic carbocycles. The Morgan fingerprint density at radius 2 is 1.91 bits per heavy atom. The highest BCUT2D eigenvalue weighted by Crippen LogP contribution is 2.33. The molecule has 2 aromatic heterocycles. The lowest BCUT2D eigenvalue weighted by Gasteiger charge is -2.28. The molecule has 2 saturated heterocycles. The Balaban J connectivity index is 1.31. The molecule has 2 aliphatic heterocycles. The highest BCUT2D eigenvalue weighted by Gasteiger charge is 2.48. The number of ether oxygens (including phenoxy) is 1. The lowest BCUT2D eigenvalue weighted by molar-refractivity contribution is -0.137. The Hall–Kier alpha value is -3.47. The van der Waals surface area contributed by atoms with E-state index in [2.05, 4.69) is 32.1 Å². The summed E-state index contributed by atoms with van der Waals surface area (Å²) in [5.41, 5.74) is 6.60. The number of nitrogens with zero attached hydrogens (tertiary/aromatic N) is 5. The van der Waals surface area contributed by atoms with E-state index in [1.165, 1.54) is 15.8 Å². The number of hydrogen-bond acceptors (Lipinski definition) is 9. The zero-order chi connectivity index (χ0) is 24.7. The smallest absolute Gasteiger partial charge is 0.407 e. The normalized spacial score (nSPS) is 27.0. The van der Waals surface area contributed by atoms with Crippen molar-refractivity contribution in [1.29, 1.82) is 0 Å². The van der Waals surface area contributed by atoms with Gasteiger partial charge >= 0.3 is 6.09 Å². The minimum absolute atomic E-state index is 0.0851. The number of piperidine rings is 1. The van der Waals surface area contributed by atoms with Crippen LogP contribution in [0.4, 0.5) is 10.6 Å². The van der Waals surface area contributed by atoms with Crippen molar-refractivity contribution in [2.75, 3.05) is 18.8 Å². The average Bonchev–Trinajstić information content (AvgIpc) is 3.47. The molecule has 2 amide bonds. The van der Waals surface area contributed by atoms with Gasteiger partial charge in [-0.25, -0.2) is 19.7 Å². The van der Waals surface area contributed by atoms with Crippen LogP contribution >= 0.6 is 0 Å². The van der Waals surface area contributed by atoms with Crippen molar-refractivity contribution in [3.63, 3.8) is 0 Å². The number of hydrogen-bond donors (Lipinski definition) is 5. The van der Waals surface area contributed by atoms with E-state index < -0.39 is 36.5 Å². The summed E-state index contributed by atoms with van der Waals surface area (Å²) in [6.45, 7) is 0.983. The first-order chi connectivity index (χ1) is 16.8. The van der Waals surface area contributed by atoms with E-state index in [4.69, 9.17) is 15.6 Å². The van der Waals surface area contributed by atoms with Crippen LogP contribution in [0, 0.1) is 17.8 Å². The number of aliphatic hydroxyl groups is 2. The second-order valence-corrected chi connectivity index (χ2v) is 9.19. The fourth-order valence-corrected chi connectivity index (χ4v) is 4.40. The van der Waals surface area contributed by atoms with E-state index >= 15 is 0 Å². The maximum absolute atomic E-state index is 12.4. The third kappa shape index (κ3) is 4.72. The zero-order valence-corrected chi connectivity index (χ0v) is 18.9. The molecule has 186 valence electrons. The number of nitrogen functional groups attached to an aromatic ring is 1. The van der Waals surface area contributed by atoms with Gasteiger partial charge in [-0.3, -0.25) is 9.36 Å². The standard InChI is InChI=1S/C22H27N7O6/c23-18-14-19(27-13(26-18)3-1-2-11-6-8-28(9-7-11)22(33)34)29(10-24-14)21-16(31)15(30)17(35-21)20(32)25-12-4-5-12/h10-12,15-17,21,30-31H,2,4-9H2,(H,25,32)(H,33,34)(H2,23,26,27)/t15-,16+,17-,21+/m0/s1. The van der Waals surface area contributed by atoms with Gasteiger partial charge < -0.3 is 36.0 Å². The van der Waals surface area contributed by atoms with Crippen molar-refractivity contribution in [2.45, 2.75) is 62.7 Å². The van der Waals surface area contributed by atoms with E-state index in [9.17, 15) is 19.8 Å². The molecule has 3 aliphatic rings. The molecule has 5 rings (SSSR count). The van der Waals surface area contributed by atoms with Crippen LogP contribution in [0.2, 0.25) is 0 Å². The average molecular weight is 486 g/mol. The van der Waals surface area contributed by atoms with Gasteiger partial charge in [0.05, 0.1) is 6.33 Å². The molecule has 4 atom stereocenters. The van der Waals surface area contributed by atoms with Crippen LogP contribution in [0.1, 0.15) is 44.2 Å². The van der Waals surface area contributed by atoms with Gasteiger partial charge in [0.1, 0.15) is 17.7 Å². The summed E-state index contributed by atoms with van der Waals surface area (Å²) in [4.78, 5) is 37.7. The largest absolute Gasteiger partial charge is 0.465 e. The van der Waals surface area contributed by atoms with Gasteiger partial charge in [0.2, 0.25) is 5.82 Å². The van der Waals surface area contributed by atoms with Gasteiger partial charge in [0, 0.05) is 25.6 Å².